The molecule has 0 radical (unpaired) electrons. The third kappa shape index (κ3) is 11.0. The molecule has 7 nitrogen and oxygen atoms in total. The van der Waals surface area contributed by atoms with Crippen molar-refractivity contribution in [2.45, 2.75) is 77.0 Å². The minimum Gasteiger partial charge on any atom is -0.493 e. The monoisotopic (exact) mass is 503 g/mol. The summed E-state index contributed by atoms with van der Waals surface area (Å²) in [6.45, 7) is 2.21. The highest BCUT2D eigenvalue weighted by molar-refractivity contribution is 5.89. The van der Waals surface area contributed by atoms with E-state index in [0.717, 1.165) is 42.2 Å². The predicted molar refractivity (Wildman–Crippen MR) is 142 cm³/mol. The zero-order chi connectivity index (χ0) is 26.2. The van der Waals surface area contributed by atoms with Crippen molar-refractivity contribution in [2.24, 2.45) is 17.8 Å². The molecule has 36 heavy (non-hydrogen) atoms. The zero-order valence-electron chi connectivity index (χ0n) is 22.0. The van der Waals surface area contributed by atoms with E-state index in [1.165, 1.54) is 82.7 Å². The quantitative estimate of drug-likeness (QED) is 0.248. The lowest BCUT2D eigenvalue weighted by Crippen LogP contribution is -2.31. The predicted octanol–water partition coefficient (Wildman–Crippen LogP) is 5.71. The Balaban J connectivity index is 0.000000493. The fourth-order valence-electron chi connectivity index (χ4n) is 5.79. The van der Waals surface area contributed by atoms with Gasteiger partial charge in [0, 0.05) is 12.2 Å². The first-order valence-corrected chi connectivity index (χ1v) is 13.5. The molecule has 3 N–H and O–H groups in total. The number of carbonyl (C=O) groups is 2. The lowest BCUT2D eigenvalue weighted by atomic mass is 9.68. The highest BCUT2D eigenvalue weighted by atomic mass is 16.5. The lowest BCUT2D eigenvalue weighted by Gasteiger charge is -2.38. The maximum absolute atomic E-state index is 9.55. The Bertz CT molecular complexity index is 778. The number of rotatable bonds is 12. The molecule has 0 atom stereocenters. The van der Waals surface area contributed by atoms with Crippen LogP contribution in [-0.2, 0) is 16.0 Å². The standard InChI is InChI=1S/C25H41NO2.C4H4O4/c1-27-24-14-13-20(19-25(24)28-2)15-17-26-18-16-23(21-9-5-3-6-10-21)22-11-7-4-8-12-22;5-3(6)1-2-4(7)8/h13-14,19,21-23,26H,3-12,15-18H2,1-2H3;1-2H,(H,5,6)(H,7,8)/b;2-1-. The second-order valence-electron chi connectivity index (χ2n) is 9.95. The maximum Gasteiger partial charge on any atom is 0.328 e. The third-order valence-corrected chi connectivity index (χ3v) is 7.57. The third-order valence-electron chi connectivity index (χ3n) is 7.57. The molecular weight excluding hydrogens is 458 g/mol. The largest absolute Gasteiger partial charge is 0.493 e. The van der Waals surface area contributed by atoms with Crippen LogP contribution < -0.4 is 14.8 Å². The fourth-order valence-corrected chi connectivity index (χ4v) is 5.79. The lowest BCUT2D eigenvalue weighted by molar-refractivity contribution is -0.134. The molecule has 0 spiro atoms. The van der Waals surface area contributed by atoms with Crippen LogP contribution in [0.15, 0.2) is 30.4 Å². The summed E-state index contributed by atoms with van der Waals surface area (Å²) in [4.78, 5) is 19.1. The van der Waals surface area contributed by atoms with Gasteiger partial charge in [-0.25, -0.2) is 9.59 Å². The first-order valence-electron chi connectivity index (χ1n) is 13.5. The summed E-state index contributed by atoms with van der Waals surface area (Å²) in [5.74, 6) is 2.10. The second-order valence-corrected chi connectivity index (χ2v) is 9.95. The van der Waals surface area contributed by atoms with Crippen molar-refractivity contribution in [2.75, 3.05) is 27.3 Å². The molecule has 2 saturated carbocycles. The summed E-state index contributed by atoms with van der Waals surface area (Å²) in [5, 5.41) is 19.4. The Labute approximate surface area is 216 Å². The molecule has 3 rings (SSSR count). The molecule has 0 heterocycles. The number of methoxy groups -OCH3 is 2. The zero-order valence-corrected chi connectivity index (χ0v) is 22.0. The smallest absolute Gasteiger partial charge is 0.328 e. The molecule has 0 bridgehead atoms. The highest BCUT2D eigenvalue weighted by Crippen LogP contribution is 2.41. The van der Waals surface area contributed by atoms with Crippen molar-refractivity contribution >= 4 is 11.9 Å². The molecular formula is C29H45NO6. The van der Waals surface area contributed by atoms with Crippen LogP contribution in [0, 0.1) is 17.8 Å². The minimum atomic E-state index is -1.26. The molecule has 7 heteroatoms. The van der Waals surface area contributed by atoms with Crippen molar-refractivity contribution in [1.29, 1.82) is 0 Å². The van der Waals surface area contributed by atoms with Crippen LogP contribution in [0.1, 0.15) is 76.2 Å². The molecule has 2 aliphatic rings. The van der Waals surface area contributed by atoms with Gasteiger partial charge in [-0.1, -0.05) is 70.3 Å². The first-order chi connectivity index (χ1) is 17.4. The Morgan fingerprint density at radius 3 is 1.86 bits per heavy atom. The van der Waals surface area contributed by atoms with Crippen molar-refractivity contribution in [3.05, 3.63) is 35.9 Å². The number of carboxylic acid groups (broad SMARTS) is 2. The number of nitrogens with one attached hydrogen (secondary N) is 1. The van der Waals surface area contributed by atoms with E-state index in [1.54, 1.807) is 14.2 Å². The van der Waals surface area contributed by atoms with Gasteiger partial charge in [-0.3, -0.25) is 0 Å². The van der Waals surface area contributed by atoms with Crippen LogP contribution in [0.2, 0.25) is 0 Å². The molecule has 0 saturated heterocycles. The number of carboxylic acids is 2. The topological polar surface area (TPSA) is 105 Å². The van der Waals surface area contributed by atoms with Gasteiger partial charge in [0.05, 0.1) is 14.2 Å². The van der Waals surface area contributed by atoms with E-state index < -0.39 is 11.9 Å². The summed E-state index contributed by atoms with van der Waals surface area (Å²) < 4.78 is 10.8. The summed E-state index contributed by atoms with van der Waals surface area (Å²) >= 11 is 0. The maximum atomic E-state index is 9.55. The Morgan fingerprint density at radius 2 is 1.39 bits per heavy atom. The molecule has 0 unspecified atom stereocenters. The van der Waals surface area contributed by atoms with E-state index in [2.05, 4.69) is 17.4 Å². The minimum absolute atomic E-state index is 0.558. The van der Waals surface area contributed by atoms with Gasteiger partial charge in [0.2, 0.25) is 0 Å². The van der Waals surface area contributed by atoms with E-state index in [0.29, 0.717) is 12.2 Å². The molecule has 0 aliphatic heterocycles. The average molecular weight is 504 g/mol. The molecule has 2 aliphatic carbocycles. The molecule has 1 aromatic carbocycles. The number of ether oxygens (including phenoxy) is 2. The van der Waals surface area contributed by atoms with Crippen LogP contribution >= 0.6 is 0 Å². The van der Waals surface area contributed by atoms with Gasteiger partial charge in [-0.15, -0.1) is 0 Å². The second kappa shape index (κ2) is 17.0. The van der Waals surface area contributed by atoms with Crippen molar-refractivity contribution in [3.8, 4) is 11.5 Å². The van der Waals surface area contributed by atoms with Gasteiger partial charge in [0.15, 0.2) is 11.5 Å². The fraction of sp³-hybridized carbons (Fsp3) is 0.655. The summed E-state index contributed by atoms with van der Waals surface area (Å²) in [6.07, 6.45) is 18.3. The number of hydrogen-bond acceptors (Lipinski definition) is 5. The van der Waals surface area contributed by atoms with Crippen LogP contribution in [0.5, 0.6) is 11.5 Å². The molecule has 0 amide bonds. The normalized spacial score (nSPS) is 17.0. The summed E-state index contributed by atoms with van der Waals surface area (Å²) in [6, 6.07) is 6.26. The van der Waals surface area contributed by atoms with E-state index >= 15 is 0 Å². The van der Waals surface area contributed by atoms with Gasteiger partial charge in [-0.05, 0) is 61.4 Å². The summed E-state index contributed by atoms with van der Waals surface area (Å²) in [7, 11) is 3.39. The van der Waals surface area contributed by atoms with Crippen LogP contribution in [-0.4, -0.2) is 49.5 Å². The van der Waals surface area contributed by atoms with E-state index in [-0.39, 0.29) is 0 Å². The SMILES string of the molecule is COc1ccc(CCNCCC(C2CCCCC2)C2CCCCC2)cc1OC.O=C(O)/C=C\C(=O)O. The van der Waals surface area contributed by atoms with Crippen molar-refractivity contribution < 1.29 is 29.3 Å². The summed E-state index contributed by atoms with van der Waals surface area (Å²) in [5.41, 5.74) is 1.31. The van der Waals surface area contributed by atoms with Crippen LogP contribution in [0.25, 0.3) is 0 Å². The van der Waals surface area contributed by atoms with Gasteiger partial charge in [0.25, 0.3) is 0 Å². The van der Waals surface area contributed by atoms with Crippen molar-refractivity contribution in [3.63, 3.8) is 0 Å². The number of benzene rings is 1. The highest BCUT2D eigenvalue weighted by Gasteiger charge is 2.30. The van der Waals surface area contributed by atoms with Crippen molar-refractivity contribution in [1.82, 2.24) is 5.32 Å². The van der Waals surface area contributed by atoms with Gasteiger partial charge >= 0.3 is 11.9 Å². The molecule has 2 fully saturated rings. The van der Waals surface area contributed by atoms with E-state index in [4.69, 9.17) is 19.7 Å². The first kappa shape index (κ1) is 29.7. The van der Waals surface area contributed by atoms with E-state index in [9.17, 15) is 9.59 Å². The van der Waals surface area contributed by atoms with Gasteiger partial charge < -0.3 is 25.0 Å². The molecule has 0 aromatic heterocycles. The Morgan fingerprint density at radius 1 is 0.861 bits per heavy atom. The Hall–Kier alpha value is -2.54. The van der Waals surface area contributed by atoms with Gasteiger partial charge in [0.1, 0.15) is 0 Å². The molecule has 1 aromatic rings. The van der Waals surface area contributed by atoms with Crippen LogP contribution in [0.4, 0.5) is 0 Å². The van der Waals surface area contributed by atoms with Crippen LogP contribution in [0.3, 0.4) is 0 Å². The molecule has 202 valence electrons. The van der Waals surface area contributed by atoms with E-state index in [1.807, 2.05) is 6.07 Å². The Kier molecular flexibility index (Phi) is 14.0. The number of aliphatic carboxylic acids is 2. The van der Waals surface area contributed by atoms with Gasteiger partial charge in [-0.2, -0.15) is 0 Å². The average Bonchev–Trinajstić information content (AvgIpc) is 2.90. The number of hydrogen-bond donors (Lipinski definition) is 3.